The fourth-order valence-corrected chi connectivity index (χ4v) is 3.68. The van der Waals surface area contributed by atoms with Gasteiger partial charge in [-0.25, -0.2) is 0 Å². The van der Waals surface area contributed by atoms with Crippen molar-refractivity contribution < 1.29 is 27.5 Å². The highest BCUT2D eigenvalue weighted by molar-refractivity contribution is 6.34. The number of amides is 2. The lowest BCUT2D eigenvalue weighted by Crippen LogP contribution is -2.35. The average Bonchev–Trinajstić information content (AvgIpc) is 2.78. The summed E-state index contributed by atoms with van der Waals surface area (Å²) >= 11 is 5.97. The Bertz CT molecular complexity index is 1230. The molecule has 0 heterocycles. The number of benzene rings is 3. The second-order valence-corrected chi connectivity index (χ2v) is 8.55. The van der Waals surface area contributed by atoms with Gasteiger partial charge in [-0.2, -0.15) is 13.2 Å². The van der Waals surface area contributed by atoms with Crippen LogP contribution in [0.1, 0.15) is 38.8 Å². The van der Waals surface area contributed by atoms with Gasteiger partial charge >= 0.3 is 6.18 Å². The van der Waals surface area contributed by atoms with E-state index in [-0.39, 0.29) is 28.2 Å². The van der Waals surface area contributed by atoms with E-state index in [1.54, 1.807) is 19.1 Å². The summed E-state index contributed by atoms with van der Waals surface area (Å²) in [6.45, 7) is 4.06. The van der Waals surface area contributed by atoms with Crippen molar-refractivity contribution >= 4 is 29.1 Å². The van der Waals surface area contributed by atoms with Gasteiger partial charge in [-0.15, -0.1) is 0 Å². The van der Waals surface area contributed by atoms with Gasteiger partial charge in [0.1, 0.15) is 0 Å². The van der Waals surface area contributed by atoms with Gasteiger partial charge in [0.15, 0.2) is 0 Å². The SMILES string of the molecule is COCC(C)NC(=O)c1cc(NC(=O)c2ccc(C(F)(F)F)cc2Cl)cc(-c2ccc(C)cc2)c1. The van der Waals surface area contributed by atoms with Crippen LogP contribution in [0.4, 0.5) is 18.9 Å². The van der Waals surface area contributed by atoms with Crippen LogP contribution in [0.15, 0.2) is 60.7 Å². The predicted octanol–water partition coefficient (Wildman–Crippen LogP) is 6.35. The molecule has 35 heavy (non-hydrogen) atoms. The van der Waals surface area contributed by atoms with Crippen molar-refractivity contribution in [2.75, 3.05) is 19.0 Å². The Morgan fingerprint density at radius 1 is 0.971 bits per heavy atom. The number of rotatable bonds is 7. The third kappa shape index (κ3) is 6.83. The summed E-state index contributed by atoms with van der Waals surface area (Å²) in [5.74, 6) is -1.07. The molecule has 1 atom stereocenters. The van der Waals surface area contributed by atoms with Gasteiger partial charge in [-0.3, -0.25) is 9.59 Å². The van der Waals surface area contributed by atoms with E-state index in [1.165, 1.54) is 13.2 Å². The van der Waals surface area contributed by atoms with Crippen LogP contribution in [0.3, 0.4) is 0 Å². The van der Waals surface area contributed by atoms with Crippen molar-refractivity contribution in [2.24, 2.45) is 0 Å². The largest absolute Gasteiger partial charge is 0.416 e. The number of ether oxygens (including phenoxy) is 1. The molecule has 0 fully saturated rings. The summed E-state index contributed by atoms with van der Waals surface area (Å²) in [5, 5.41) is 5.13. The number of aryl methyl sites for hydroxylation is 1. The Morgan fingerprint density at radius 2 is 1.66 bits per heavy atom. The number of carbonyl (C=O) groups excluding carboxylic acids is 2. The van der Waals surface area contributed by atoms with E-state index in [0.29, 0.717) is 23.8 Å². The van der Waals surface area contributed by atoms with Gasteiger partial charge in [0, 0.05) is 24.4 Å². The number of halogens is 4. The highest BCUT2D eigenvalue weighted by Gasteiger charge is 2.31. The number of methoxy groups -OCH3 is 1. The Hall–Kier alpha value is -3.36. The number of hydrogen-bond donors (Lipinski definition) is 2. The lowest BCUT2D eigenvalue weighted by Gasteiger charge is -2.15. The maximum absolute atomic E-state index is 12.9. The number of carbonyl (C=O) groups is 2. The van der Waals surface area contributed by atoms with Crippen LogP contribution >= 0.6 is 11.6 Å². The number of nitrogens with one attached hydrogen (secondary N) is 2. The molecule has 5 nitrogen and oxygen atoms in total. The molecule has 0 aliphatic carbocycles. The maximum atomic E-state index is 12.9. The standard InChI is InChI=1S/C26H24ClF3N2O3/c1-15-4-6-17(7-5-15)18-10-19(24(33)31-16(2)14-35-3)12-21(11-18)32-25(34)22-9-8-20(13-23(22)27)26(28,29)30/h4-13,16H,14H2,1-3H3,(H,31,33)(H,32,34). The molecule has 0 aliphatic rings. The maximum Gasteiger partial charge on any atom is 0.416 e. The van der Waals surface area contributed by atoms with E-state index >= 15 is 0 Å². The van der Waals surface area contributed by atoms with E-state index in [1.807, 2.05) is 31.2 Å². The molecule has 3 aromatic rings. The minimum Gasteiger partial charge on any atom is -0.383 e. The van der Waals surface area contributed by atoms with Crippen LogP contribution in [0.5, 0.6) is 0 Å². The Labute approximate surface area is 206 Å². The molecule has 0 aromatic heterocycles. The summed E-state index contributed by atoms with van der Waals surface area (Å²) in [5.41, 5.74) is 2.05. The van der Waals surface area contributed by atoms with E-state index in [0.717, 1.165) is 23.3 Å². The van der Waals surface area contributed by atoms with Crippen LogP contribution in [-0.2, 0) is 10.9 Å². The fourth-order valence-electron chi connectivity index (χ4n) is 3.42. The van der Waals surface area contributed by atoms with Gasteiger partial charge in [0.25, 0.3) is 11.8 Å². The second-order valence-electron chi connectivity index (χ2n) is 8.14. The zero-order chi connectivity index (χ0) is 25.8. The summed E-state index contributed by atoms with van der Waals surface area (Å²) in [6, 6.07) is 14.7. The number of anilines is 1. The van der Waals surface area contributed by atoms with Gasteiger partial charge in [0.05, 0.1) is 22.8 Å². The Balaban J connectivity index is 1.95. The fraction of sp³-hybridized carbons (Fsp3) is 0.231. The topological polar surface area (TPSA) is 67.4 Å². The van der Waals surface area contributed by atoms with Crippen molar-refractivity contribution in [3.8, 4) is 11.1 Å². The number of alkyl halides is 3. The summed E-state index contributed by atoms with van der Waals surface area (Å²) in [7, 11) is 1.53. The van der Waals surface area contributed by atoms with E-state index in [4.69, 9.17) is 16.3 Å². The molecule has 0 saturated carbocycles. The zero-order valence-corrected chi connectivity index (χ0v) is 20.1. The van der Waals surface area contributed by atoms with Crippen molar-refractivity contribution in [3.05, 3.63) is 87.9 Å². The van der Waals surface area contributed by atoms with Crippen LogP contribution in [-0.4, -0.2) is 31.6 Å². The normalized spacial score (nSPS) is 12.2. The zero-order valence-electron chi connectivity index (χ0n) is 19.3. The summed E-state index contributed by atoms with van der Waals surface area (Å²) in [4.78, 5) is 25.7. The van der Waals surface area contributed by atoms with Crippen molar-refractivity contribution in [2.45, 2.75) is 26.1 Å². The van der Waals surface area contributed by atoms with Gasteiger partial charge in [0.2, 0.25) is 0 Å². The van der Waals surface area contributed by atoms with Crippen LogP contribution in [0.25, 0.3) is 11.1 Å². The lowest BCUT2D eigenvalue weighted by molar-refractivity contribution is -0.137. The minimum absolute atomic E-state index is 0.125. The van der Waals surface area contributed by atoms with Crippen molar-refractivity contribution in [1.29, 1.82) is 0 Å². The average molecular weight is 505 g/mol. The number of hydrogen-bond acceptors (Lipinski definition) is 3. The van der Waals surface area contributed by atoms with Gasteiger partial charge < -0.3 is 15.4 Å². The van der Waals surface area contributed by atoms with Crippen LogP contribution in [0, 0.1) is 6.92 Å². The first-order valence-electron chi connectivity index (χ1n) is 10.7. The third-order valence-electron chi connectivity index (χ3n) is 5.17. The van der Waals surface area contributed by atoms with Crippen molar-refractivity contribution in [3.63, 3.8) is 0 Å². The second kappa shape index (κ2) is 10.9. The molecule has 3 aromatic carbocycles. The molecule has 2 N–H and O–H groups in total. The first-order valence-corrected chi connectivity index (χ1v) is 11.1. The van der Waals surface area contributed by atoms with E-state index < -0.39 is 17.6 Å². The van der Waals surface area contributed by atoms with Gasteiger partial charge in [-0.05, 0) is 61.4 Å². The first kappa shape index (κ1) is 26.2. The van der Waals surface area contributed by atoms with E-state index in [9.17, 15) is 22.8 Å². The van der Waals surface area contributed by atoms with Crippen LogP contribution in [0.2, 0.25) is 5.02 Å². The molecule has 0 spiro atoms. The Kier molecular flexibility index (Phi) is 8.19. The molecule has 2 amide bonds. The molecular weight excluding hydrogens is 481 g/mol. The first-order chi connectivity index (χ1) is 16.5. The van der Waals surface area contributed by atoms with Gasteiger partial charge in [-0.1, -0.05) is 41.4 Å². The molecule has 0 bridgehead atoms. The third-order valence-corrected chi connectivity index (χ3v) is 5.49. The highest BCUT2D eigenvalue weighted by atomic mass is 35.5. The molecule has 1 unspecified atom stereocenters. The molecule has 0 aliphatic heterocycles. The van der Waals surface area contributed by atoms with E-state index in [2.05, 4.69) is 10.6 Å². The predicted molar refractivity (Wildman–Crippen MR) is 130 cm³/mol. The van der Waals surface area contributed by atoms with Crippen LogP contribution < -0.4 is 10.6 Å². The molecule has 9 heteroatoms. The summed E-state index contributed by atoms with van der Waals surface area (Å²) < 4.78 is 43.9. The molecular formula is C26H24ClF3N2O3. The van der Waals surface area contributed by atoms with Crippen molar-refractivity contribution in [1.82, 2.24) is 5.32 Å². The minimum atomic E-state index is -4.58. The monoisotopic (exact) mass is 504 g/mol. The lowest BCUT2D eigenvalue weighted by atomic mass is 10.00. The highest BCUT2D eigenvalue weighted by Crippen LogP contribution is 2.32. The molecule has 0 saturated heterocycles. The Morgan fingerprint density at radius 3 is 2.26 bits per heavy atom. The molecule has 0 radical (unpaired) electrons. The smallest absolute Gasteiger partial charge is 0.383 e. The molecule has 184 valence electrons. The quantitative estimate of drug-likeness (QED) is 0.394. The summed E-state index contributed by atoms with van der Waals surface area (Å²) in [6.07, 6.45) is -4.58. The molecule has 3 rings (SSSR count).